The van der Waals surface area contributed by atoms with Crippen molar-refractivity contribution in [2.24, 2.45) is 0 Å². The van der Waals surface area contributed by atoms with Gasteiger partial charge in [0.05, 0.1) is 29.4 Å². The number of hydrogen-bond donors (Lipinski definition) is 0. The van der Waals surface area contributed by atoms with E-state index in [1.54, 1.807) is 25.1 Å². The zero-order valence-electron chi connectivity index (χ0n) is 15.6. The van der Waals surface area contributed by atoms with Gasteiger partial charge in [-0.1, -0.05) is 12.1 Å². The zero-order valence-corrected chi connectivity index (χ0v) is 17.2. The number of ether oxygens (including phenoxy) is 2. The van der Waals surface area contributed by atoms with Crippen molar-refractivity contribution >= 4 is 27.5 Å². The lowest BCUT2D eigenvalue weighted by Gasteiger charge is -2.24. The monoisotopic (exact) mass is 424 g/mol. The molecule has 0 bridgehead atoms. The number of nitrogens with zero attached hydrogens (tertiary/aromatic N) is 2. The second kappa shape index (κ2) is 7.98. The molecule has 0 spiro atoms. The summed E-state index contributed by atoms with van der Waals surface area (Å²) in [4.78, 5) is 10.6. The first kappa shape index (κ1) is 20.4. The van der Waals surface area contributed by atoms with Crippen LogP contribution >= 0.6 is 11.8 Å². The fourth-order valence-corrected chi connectivity index (χ4v) is 6.30. The number of sulfonamides is 1. The van der Waals surface area contributed by atoms with Crippen LogP contribution in [0.15, 0.2) is 41.3 Å². The van der Waals surface area contributed by atoms with Crippen LogP contribution in [0.2, 0.25) is 0 Å². The van der Waals surface area contributed by atoms with Gasteiger partial charge in [0.25, 0.3) is 5.69 Å². The second-order valence-electron chi connectivity index (χ2n) is 6.16. The van der Waals surface area contributed by atoms with Crippen LogP contribution in [-0.4, -0.2) is 44.2 Å². The van der Waals surface area contributed by atoms with E-state index in [0.29, 0.717) is 29.4 Å². The van der Waals surface area contributed by atoms with E-state index in [0.717, 1.165) is 11.6 Å². The number of hydrogen-bond acceptors (Lipinski definition) is 7. The quantitative estimate of drug-likeness (QED) is 0.518. The Bertz CT molecular complexity index is 1010. The fraction of sp³-hybridized carbons (Fsp3) is 0.333. The van der Waals surface area contributed by atoms with Crippen LogP contribution < -0.4 is 9.47 Å². The third-order valence-corrected chi connectivity index (χ3v) is 7.78. The van der Waals surface area contributed by atoms with Crippen molar-refractivity contribution in [2.45, 2.75) is 17.2 Å². The third kappa shape index (κ3) is 3.67. The normalized spacial score (nSPS) is 17.5. The summed E-state index contributed by atoms with van der Waals surface area (Å²) in [6, 6.07) is 9.27. The molecule has 0 aromatic heterocycles. The molecule has 2 aromatic rings. The van der Waals surface area contributed by atoms with Crippen molar-refractivity contribution in [3.05, 3.63) is 57.6 Å². The fourth-order valence-electron chi connectivity index (χ4n) is 3.05. The van der Waals surface area contributed by atoms with Crippen molar-refractivity contribution in [3.8, 4) is 11.5 Å². The lowest BCUT2D eigenvalue weighted by Crippen LogP contribution is -2.30. The number of methoxy groups -OCH3 is 2. The predicted octanol–water partition coefficient (Wildman–Crippen LogP) is 3.36. The number of aryl methyl sites for hydroxylation is 1. The lowest BCUT2D eigenvalue weighted by atomic mass is 10.2. The minimum Gasteiger partial charge on any atom is -0.493 e. The maximum Gasteiger partial charge on any atom is 0.273 e. The van der Waals surface area contributed by atoms with E-state index >= 15 is 0 Å². The van der Waals surface area contributed by atoms with Gasteiger partial charge in [-0.15, -0.1) is 11.8 Å². The number of nitro groups is 1. The van der Waals surface area contributed by atoms with E-state index in [2.05, 4.69) is 0 Å². The van der Waals surface area contributed by atoms with E-state index in [9.17, 15) is 18.5 Å². The molecular weight excluding hydrogens is 404 g/mol. The maximum absolute atomic E-state index is 13.2. The number of thioether (sulfide) groups is 1. The van der Waals surface area contributed by atoms with Crippen LogP contribution in [0.5, 0.6) is 11.5 Å². The molecule has 8 nitrogen and oxygen atoms in total. The van der Waals surface area contributed by atoms with E-state index in [1.807, 2.05) is 0 Å². The number of nitro benzene ring substituents is 1. The standard InChI is InChI=1S/C18H20N2O6S2/c1-12-4-6-14(11-15(12)20(21)22)28(23,24)19-8-9-27-18(19)13-5-7-16(25-2)17(10-13)26-3/h4-7,10-11,18H,8-9H2,1-3H3. The van der Waals surface area contributed by atoms with Crippen molar-refractivity contribution in [1.82, 2.24) is 4.31 Å². The van der Waals surface area contributed by atoms with Gasteiger partial charge in [0, 0.05) is 23.9 Å². The van der Waals surface area contributed by atoms with Crippen LogP contribution in [-0.2, 0) is 10.0 Å². The molecule has 1 unspecified atom stereocenters. The van der Waals surface area contributed by atoms with Gasteiger partial charge in [0.15, 0.2) is 11.5 Å². The summed E-state index contributed by atoms with van der Waals surface area (Å²) in [5, 5.41) is 10.8. The van der Waals surface area contributed by atoms with Gasteiger partial charge in [-0.2, -0.15) is 4.31 Å². The highest BCUT2D eigenvalue weighted by Crippen LogP contribution is 2.44. The molecule has 2 aromatic carbocycles. The van der Waals surface area contributed by atoms with Gasteiger partial charge < -0.3 is 9.47 Å². The van der Waals surface area contributed by atoms with Crippen LogP contribution in [0.1, 0.15) is 16.5 Å². The molecule has 150 valence electrons. The molecule has 10 heteroatoms. The van der Waals surface area contributed by atoms with Gasteiger partial charge >= 0.3 is 0 Å². The molecule has 1 fully saturated rings. The Hall–Kier alpha value is -2.30. The first-order chi connectivity index (χ1) is 13.3. The molecule has 0 amide bonds. The van der Waals surface area contributed by atoms with Crippen LogP contribution in [0.3, 0.4) is 0 Å². The Morgan fingerprint density at radius 2 is 1.86 bits per heavy atom. The summed E-state index contributed by atoms with van der Waals surface area (Å²) in [5.41, 5.74) is 0.956. The first-order valence-corrected chi connectivity index (χ1v) is 10.9. The molecule has 28 heavy (non-hydrogen) atoms. The first-order valence-electron chi connectivity index (χ1n) is 8.40. The summed E-state index contributed by atoms with van der Waals surface area (Å²) in [5.74, 6) is 1.68. The maximum atomic E-state index is 13.2. The Kier molecular flexibility index (Phi) is 5.82. The molecule has 0 radical (unpaired) electrons. The highest BCUT2D eigenvalue weighted by molar-refractivity contribution is 8.01. The molecule has 0 aliphatic carbocycles. The third-order valence-electron chi connectivity index (χ3n) is 4.53. The van der Waals surface area contributed by atoms with Crippen molar-refractivity contribution in [3.63, 3.8) is 0 Å². The van der Waals surface area contributed by atoms with Crippen LogP contribution in [0.25, 0.3) is 0 Å². The van der Waals surface area contributed by atoms with Crippen LogP contribution in [0, 0.1) is 17.0 Å². The van der Waals surface area contributed by atoms with Gasteiger partial charge in [-0.25, -0.2) is 8.42 Å². The van der Waals surface area contributed by atoms with E-state index in [4.69, 9.17) is 9.47 Å². The molecule has 1 aliphatic heterocycles. The van der Waals surface area contributed by atoms with Gasteiger partial charge in [-0.3, -0.25) is 10.1 Å². The summed E-state index contributed by atoms with van der Waals surface area (Å²) >= 11 is 1.49. The molecule has 0 saturated carbocycles. The van der Waals surface area contributed by atoms with Gasteiger partial charge in [0.1, 0.15) is 0 Å². The topological polar surface area (TPSA) is 99.0 Å². The molecule has 1 heterocycles. The number of benzene rings is 2. The van der Waals surface area contributed by atoms with Crippen molar-refractivity contribution in [1.29, 1.82) is 0 Å². The molecular formula is C18H20N2O6S2. The molecule has 1 aliphatic rings. The average Bonchev–Trinajstić information content (AvgIpc) is 3.18. The highest BCUT2D eigenvalue weighted by Gasteiger charge is 2.38. The summed E-state index contributed by atoms with van der Waals surface area (Å²) in [6.07, 6.45) is 0. The van der Waals surface area contributed by atoms with Gasteiger partial charge in [0.2, 0.25) is 10.0 Å². The van der Waals surface area contributed by atoms with Crippen molar-refractivity contribution < 1.29 is 22.8 Å². The molecule has 1 saturated heterocycles. The zero-order chi connectivity index (χ0) is 20.5. The van der Waals surface area contributed by atoms with Crippen molar-refractivity contribution in [2.75, 3.05) is 26.5 Å². The largest absolute Gasteiger partial charge is 0.493 e. The van der Waals surface area contributed by atoms with Crippen LogP contribution in [0.4, 0.5) is 5.69 Å². The summed E-state index contributed by atoms with van der Waals surface area (Å²) in [6.45, 7) is 1.89. The Labute approximate surface area is 167 Å². The summed E-state index contributed by atoms with van der Waals surface area (Å²) in [7, 11) is -0.860. The Balaban J connectivity index is 2.00. The highest BCUT2D eigenvalue weighted by atomic mass is 32.2. The number of rotatable bonds is 6. The predicted molar refractivity (Wildman–Crippen MR) is 106 cm³/mol. The van der Waals surface area contributed by atoms with E-state index in [1.165, 1.54) is 42.4 Å². The lowest BCUT2D eigenvalue weighted by molar-refractivity contribution is -0.385. The van der Waals surface area contributed by atoms with Gasteiger partial charge in [-0.05, 0) is 30.7 Å². The Morgan fingerprint density at radius 1 is 1.14 bits per heavy atom. The minimum atomic E-state index is -3.91. The Morgan fingerprint density at radius 3 is 2.50 bits per heavy atom. The summed E-state index contributed by atoms with van der Waals surface area (Å²) < 4.78 is 38.4. The average molecular weight is 425 g/mol. The minimum absolute atomic E-state index is 0.0854. The molecule has 1 atom stereocenters. The SMILES string of the molecule is COc1ccc(C2SCCN2S(=O)(=O)c2ccc(C)c([N+](=O)[O-])c2)cc1OC. The molecule has 3 rings (SSSR count). The molecule has 0 N–H and O–H groups in total. The van der Waals surface area contributed by atoms with E-state index in [-0.39, 0.29) is 10.6 Å². The smallest absolute Gasteiger partial charge is 0.273 e. The van der Waals surface area contributed by atoms with E-state index < -0.39 is 20.3 Å². The second-order valence-corrected chi connectivity index (χ2v) is 9.24.